The molecule has 2 atom stereocenters. The number of allylic oxidation sites excluding steroid dienone is 1. The van der Waals surface area contributed by atoms with Gasteiger partial charge < -0.3 is 19.1 Å². The van der Waals surface area contributed by atoms with Crippen molar-refractivity contribution in [1.82, 2.24) is 4.57 Å². The van der Waals surface area contributed by atoms with E-state index in [1.54, 1.807) is 29.7 Å². The predicted octanol–water partition coefficient (Wildman–Crippen LogP) is 5.19. The summed E-state index contributed by atoms with van der Waals surface area (Å²) in [6.45, 7) is 2.31. The molecule has 0 aliphatic carbocycles. The van der Waals surface area contributed by atoms with Crippen LogP contribution in [-0.4, -0.2) is 33.5 Å². The number of benzene rings is 2. The van der Waals surface area contributed by atoms with Gasteiger partial charge in [0.2, 0.25) is 0 Å². The van der Waals surface area contributed by atoms with Crippen LogP contribution in [0.2, 0.25) is 0 Å². The Morgan fingerprint density at radius 3 is 2.70 bits per heavy atom. The minimum absolute atomic E-state index is 0.0225. The van der Waals surface area contributed by atoms with E-state index in [0.717, 1.165) is 22.9 Å². The van der Waals surface area contributed by atoms with Gasteiger partial charge in [-0.25, -0.2) is 4.79 Å². The fraction of sp³-hybridized carbons (Fsp3) is 0.375. The highest BCUT2D eigenvalue weighted by atomic mass is 16.5. The molecule has 2 aromatic carbocycles. The molecule has 40 heavy (non-hydrogen) atoms. The largest absolute Gasteiger partial charge is 0.507 e. The molecule has 0 spiro atoms. The van der Waals surface area contributed by atoms with Crippen LogP contribution in [-0.2, 0) is 27.3 Å². The lowest BCUT2D eigenvalue weighted by Crippen LogP contribution is -2.29. The molecule has 1 aromatic heterocycles. The summed E-state index contributed by atoms with van der Waals surface area (Å²) in [7, 11) is 0. The van der Waals surface area contributed by atoms with Crippen LogP contribution in [0.5, 0.6) is 11.5 Å². The van der Waals surface area contributed by atoms with Crippen molar-refractivity contribution in [2.24, 2.45) is 0 Å². The smallest absolute Gasteiger partial charge is 0.342 e. The summed E-state index contributed by atoms with van der Waals surface area (Å²) < 4.78 is 13.0. The number of pyridine rings is 1. The van der Waals surface area contributed by atoms with Crippen molar-refractivity contribution < 1.29 is 29.0 Å². The van der Waals surface area contributed by atoms with Crippen LogP contribution in [0.15, 0.2) is 41.2 Å². The quantitative estimate of drug-likeness (QED) is 0.333. The highest BCUT2D eigenvalue weighted by Crippen LogP contribution is 2.47. The maximum absolute atomic E-state index is 13.7. The van der Waals surface area contributed by atoms with E-state index in [-0.39, 0.29) is 40.4 Å². The average Bonchev–Trinajstić information content (AvgIpc) is 3.35. The Kier molecular flexibility index (Phi) is 6.78. The fourth-order valence-corrected chi connectivity index (χ4v) is 6.23. The number of phenolic OH excluding ortho intramolecular Hbond substituents is 1. The Bertz CT molecular complexity index is 1650. The number of phenols is 1. The van der Waals surface area contributed by atoms with Gasteiger partial charge in [-0.3, -0.25) is 14.4 Å². The summed E-state index contributed by atoms with van der Waals surface area (Å²) in [5, 5.41) is 12.5. The normalized spacial score (nSPS) is 21.4. The molecule has 206 valence electrons. The summed E-state index contributed by atoms with van der Waals surface area (Å²) in [5.41, 5.74) is 2.73. The van der Waals surface area contributed by atoms with Crippen LogP contribution in [0, 0.1) is 0 Å². The molecule has 3 aliphatic rings. The number of aromatic nitrogens is 1. The number of hydrogen-bond donors (Lipinski definition) is 1. The number of carbonyl (C=O) groups is 3. The molecule has 4 heterocycles. The number of aryl methyl sites for hydroxylation is 2. The first-order valence-electron chi connectivity index (χ1n) is 14.0. The number of ether oxygens (including phenoxy) is 2. The molecule has 0 saturated carbocycles. The Labute approximate surface area is 231 Å². The number of ketones is 1. The van der Waals surface area contributed by atoms with Crippen LogP contribution in [0.3, 0.4) is 0 Å². The highest BCUT2D eigenvalue weighted by Gasteiger charge is 2.37. The van der Waals surface area contributed by atoms with E-state index < -0.39 is 24.0 Å². The third kappa shape index (κ3) is 4.61. The third-order valence-electron chi connectivity index (χ3n) is 8.18. The maximum atomic E-state index is 13.7. The van der Waals surface area contributed by atoms with Gasteiger partial charge in [0.15, 0.2) is 0 Å². The van der Waals surface area contributed by atoms with Gasteiger partial charge in [-0.15, -0.1) is 0 Å². The van der Waals surface area contributed by atoms with Gasteiger partial charge >= 0.3 is 11.9 Å². The van der Waals surface area contributed by atoms with Crippen LogP contribution < -0.4 is 10.3 Å². The molecule has 0 unspecified atom stereocenters. The van der Waals surface area contributed by atoms with Gasteiger partial charge in [0.25, 0.3) is 5.56 Å². The first-order valence-corrected chi connectivity index (χ1v) is 14.0. The molecule has 1 N–H and O–H groups in total. The first kappa shape index (κ1) is 26.0. The van der Waals surface area contributed by atoms with Crippen molar-refractivity contribution in [3.63, 3.8) is 0 Å². The second kappa shape index (κ2) is 10.4. The number of para-hydroxylation sites is 1. The van der Waals surface area contributed by atoms with E-state index in [1.807, 2.05) is 24.3 Å². The molecule has 3 aromatic rings. The van der Waals surface area contributed by atoms with Crippen molar-refractivity contribution in [1.29, 1.82) is 0 Å². The Morgan fingerprint density at radius 1 is 1.02 bits per heavy atom. The number of rotatable bonds is 1. The number of esters is 2. The fourth-order valence-electron chi connectivity index (χ4n) is 6.23. The maximum Gasteiger partial charge on any atom is 0.342 e. The summed E-state index contributed by atoms with van der Waals surface area (Å²) in [5.74, 6) is -2.05. The van der Waals surface area contributed by atoms with Crippen molar-refractivity contribution >= 4 is 34.7 Å². The summed E-state index contributed by atoms with van der Waals surface area (Å²) in [6.07, 6.45) is 6.99. The van der Waals surface area contributed by atoms with Crippen LogP contribution in [0.4, 0.5) is 0 Å². The van der Waals surface area contributed by atoms with Gasteiger partial charge in [0, 0.05) is 36.4 Å². The van der Waals surface area contributed by atoms with Gasteiger partial charge in [0.1, 0.15) is 22.8 Å². The molecule has 3 aliphatic heterocycles. The van der Waals surface area contributed by atoms with Crippen molar-refractivity contribution in [3.8, 4) is 11.5 Å². The lowest BCUT2D eigenvalue weighted by molar-refractivity contribution is -0.135. The van der Waals surface area contributed by atoms with Crippen molar-refractivity contribution in [2.75, 3.05) is 0 Å². The Morgan fingerprint density at radius 2 is 1.85 bits per heavy atom. The van der Waals surface area contributed by atoms with E-state index >= 15 is 0 Å². The Balaban J connectivity index is 1.50. The van der Waals surface area contributed by atoms with E-state index in [1.165, 1.54) is 0 Å². The third-order valence-corrected chi connectivity index (χ3v) is 8.18. The number of Topliss-reactive ketones (excluding diaryl/α,β-unsaturated/α-hetero) is 1. The molecule has 8 heteroatoms. The second-order valence-electron chi connectivity index (χ2n) is 10.9. The number of hydrogen-bond acceptors (Lipinski definition) is 7. The predicted molar refractivity (Wildman–Crippen MR) is 149 cm³/mol. The van der Waals surface area contributed by atoms with Crippen molar-refractivity contribution in [3.05, 3.63) is 74.6 Å². The van der Waals surface area contributed by atoms with Gasteiger partial charge in [-0.1, -0.05) is 30.4 Å². The number of aromatic hydroxyl groups is 1. The number of carbonyl (C=O) groups excluding carboxylic acids is 3. The minimum Gasteiger partial charge on any atom is -0.507 e. The van der Waals surface area contributed by atoms with Gasteiger partial charge in [-0.2, -0.15) is 0 Å². The highest BCUT2D eigenvalue weighted by molar-refractivity contribution is 5.99. The van der Waals surface area contributed by atoms with Crippen LogP contribution >= 0.6 is 0 Å². The first-order chi connectivity index (χ1) is 19.3. The van der Waals surface area contributed by atoms with Gasteiger partial charge in [-0.05, 0) is 67.7 Å². The van der Waals surface area contributed by atoms with E-state index in [9.17, 15) is 24.3 Å². The average molecular weight is 542 g/mol. The molecule has 8 nitrogen and oxygen atoms in total. The number of fused-ring (bicyclic) bond motifs is 2. The van der Waals surface area contributed by atoms with E-state index in [2.05, 4.69) is 0 Å². The van der Waals surface area contributed by atoms with E-state index in [0.29, 0.717) is 56.2 Å². The lowest BCUT2D eigenvalue weighted by atomic mass is 9.83. The summed E-state index contributed by atoms with van der Waals surface area (Å²) in [6, 6.07) is 9.25. The van der Waals surface area contributed by atoms with Crippen molar-refractivity contribution in [2.45, 2.75) is 76.9 Å². The number of nitrogens with zero attached hydrogens (tertiary/aromatic N) is 1. The summed E-state index contributed by atoms with van der Waals surface area (Å²) >= 11 is 0. The molecular weight excluding hydrogens is 510 g/mol. The standard InChI is InChI=1S/C32H31NO7/c1-18-7-5-12-22(34)11-4-2-3-8-20-16-25-28(30(36)27(20)32(38)39-18)23(17-26(35)40-25)24-15-21-10-6-9-19-13-14-33(29(19)21)31(24)37/h3,6,8-10,15-16,18,23,36H,2,4-5,7,11-14,17H2,1H3/t18-,23+/m1/s1. The molecular formula is C32H31NO7. The van der Waals surface area contributed by atoms with Crippen LogP contribution in [0.25, 0.3) is 17.0 Å². The second-order valence-corrected chi connectivity index (χ2v) is 10.9. The number of cyclic esters (lactones) is 1. The zero-order valence-corrected chi connectivity index (χ0v) is 22.4. The van der Waals surface area contributed by atoms with Gasteiger partial charge in [0.05, 0.1) is 18.0 Å². The Hall–Kier alpha value is -4.20. The lowest BCUT2D eigenvalue weighted by Gasteiger charge is -2.27. The molecule has 0 radical (unpaired) electrons. The monoisotopic (exact) mass is 541 g/mol. The SMILES string of the molecule is C[C@@H]1CCCC(=O)CCCC=Cc2cc3c(c(O)c2C(=O)O1)[C@H](c1cc2cccc4c2n(c1=O)CC4)CC(=O)O3. The molecule has 0 fully saturated rings. The van der Waals surface area contributed by atoms with Crippen LogP contribution in [0.1, 0.15) is 90.4 Å². The van der Waals surface area contributed by atoms with E-state index in [4.69, 9.17) is 9.47 Å². The summed E-state index contributed by atoms with van der Waals surface area (Å²) in [4.78, 5) is 52.1. The molecule has 0 saturated heterocycles. The molecule has 0 amide bonds. The topological polar surface area (TPSA) is 112 Å². The zero-order valence-electron chi connectivity index (χ0n) is 22.4. The molecule has 6 rings (SSSR count). The molecule has 0 bridgehead atoms. The zero-order chi connectivity index (χ0) is 28.0. The minimum atomic E-state index is -0.792.